The lowest BCUT2D eigenvalue weighted by Gasteiger charge is -2.00. The zero-order valence-electron chi connectivity index (χ0n) is 11.1. The molecule has 5 heteroatoms. The van der Waals surface area contributed by atoms with Crippen molar-refractivity contribution in [1.29, 1.82) is 0 Å². The first-order valence-electron chi connectivity index (χ1n) is 6.18. The minimum absolute atomic E-state index is 0.241. The molecule has 0 radical (unpaired) electrons. The van der Waals surface area contributed by atoms with E-state index in [2.05, 4.69) is 17.2 Å². The Morgan fingerprint density at radius 3 is 2.95 bits per heavy atom. The number of hydrogen-bond donors (Lipinski definition) is 1. The lowest BCUT2D eigenvalue weighted by molar-refractivity contribution is 0.181. The van der Waals surface area contributed by atoms with Crippen molar-refractivity contribution in [2.75, 3.05) is 13.7 Å². The maximum atomic E-state index is 13.3. The Morgan fingerprint density at radius 2 is 2.26 bits per heavy atom. The van der Waals surface area contributed by atoms with Crippen molar-refractivity contribution in [3.63, 3.8) is 0 Å². The number of benzene rings is 1. The van der Waals surface area contributed by atoms with E-state index < -0.39 is 0 Å². The van der Waals surface area contributed by atoms with Gasteiger partial charge in [0.1, 0.15) is 10.8 Å². The van der Waals surface area contributed by atoms with Crippen LogP contribution in [0.25, 0.3) is 10.6 Å². The van der Waals surface area contributed by atoms with Crippen molar-refractivity contribution < 1.29 is 9.13 Å². The van der Waals surface area contributed by atoms with Crippen LogP contribution in [0.5, 0.6) is 0 Å². The molecule has 1 heterocycles. The largest absolute Gasteiger partial charge is 0.378 e. The number of nitrogens with zero attached hydrogens (tertiary/aromatic N) is 1. The molecule has 2 rings (SSSR count). The highest BCUT2D eigenvalue weighted by molar-refractivity contribution is 7.15. The van der Waals surface area contributed by atoms with Crippen LogP contribution in [-0.2, 0) is 17.9 Å². The third kappa shape index (κ3) is 3.59. The molecule has 102 valence electrons. The first kappa shape index (κ1) is 14.1. The zero-order valence-corrected chi connectivity index (χ0v) is 11.9. The summed E-state index contributed by atoms with van der Waals surface area (Å²) in [4.78, 5) is 5.69. The van der Waals surface area contributed by atoms with Crippen molar-refractivity contribution in [3.8, 4) is 10.6 Å². The van der Waals surface area contributed by atoms with Crippen LogP contribution >= 0.6 is 11.3 Å². The number of halogens is 1. The van der Waals surface area contributed by atoms with Crippen LogP contribution in [-0.4, -0.2) is 18.6 Å². The summed E-state index contributed by atoms with van der Waals surface area (Å²) < 4.78 is 18.4. The number of aromatic nitrogens is 1. The van der Waals surface area contributed by atoms with E-state index >= 15 is 0 Å². The second-order valence-corrected chi connectivity index (χ2v) is 5.20. The van der Waals surface area contributed by atoms with Crippen LogP contribution in [0.4, 0.5) is 4.39 Å². The van der Waals surface area contributed by atoms with Gasteiger partial charge >= 0.3 is 0 Å². The molecular weight excluding hydrogens is 263 g/mol. The Hall–Kier alpha value is -1.30. The van der Waals surface area contributed by atoms with Crippen molar-refractivity contribution in [2.24, 2.45) is 0 Å². The molecule has 0 saturated heterocycles. The Bertz CT molecular complexity index is 542. The van der Waals surface area contributed by atoms with E-state index in [-0.39, 0.29) is 5.82 Å². The molecule has 2 aromatic rings. The minimum Gasteiger partial charge on any atom is -0.378 e. The molecule has 0 fully saturated rings. The molecule has 0 atom stereocenters. The van der Waals surface area contributed by atoms with Gasteiger partial charge in [0.2, 0.25) is 0 Å². The number of ether oxygens (including phenoxy) is 1. The molecule has 3 nitrogen and oxygen atoms in total. The van der Waals surface area contributed by atoms with Crippen LogP contribution in [0.15, 0.2) is 24.3 Å². The summed E-state index contributed by atoms with van der Waals surface area (Å²) in [6.45, 7) is 4.21. The van der Waals surface area contributed by atoms with Crippen LogP contribution in [0.2, 0.25) is 0 Å². The van der Waals surface area contributed by atoms with E-state index in [1.807, 2.05) is 6.07 Å². The SMILES string of the molecule is CCNCc1sc(-c2cccc(F)c2)nc1COC. The Labute approximate surface area is 116 Å². The van der Waals surface area contributed by atoms with Gasteiger partial charge < -0.3 is 10.1 Å². The van der Waals surface area contributed by atoms with E-state index in [1.165, 1.54) is 12.1 Å². The average Bonchev–Trinajstić information content (AvgIpc) is 2.80. The third-order valence-electron chi connectivity index (χ3n) is 2.67. The molecule has 0 aliphatic rings. The van der Waals surface area contributed by atoms with E-state index in [0.29, 0.717) is 6.61 Å². The maximum absolute atomic E-state index is 13.3. The lowest BCUT2D eigenvalue weighted by atomic mass is 10.2. The summed E-state index contributed by atoms with van der Waals surface area (Å²) in [6.07, 6.45) is 0. The summed E-state index contributed by atoms with van der Waals surface area (Å²) >= 11 is 1.58. The predicted octanol–water partition coefficient (Wildman–Crippen LogP) is 3.21. The Morgan fingerprint density at radius 1 is 1.42 bits per heavy atom. The number of nitrogens with one attached hydrogen (secondary N) is 1. The second-order valence-electron chi connectivity index (χ2n) is 4.11. The van der Waals surface area contributed by atoms with Gasteiger partial charge in [-0.3, -0.25) is 0 Å². The van der Waals surface area contributed by atoms with Crippen molar-refractivity contribution >= 4 is 11.3 Å². The van der Waals surface area contributed by atoms with Crippen molar-refractivity contribution in [2.45, 2.75) is 20.1 Å². The van der Waals surface area contributed by atoms with E-state index in [9.17, 15) is 4.39 Å². The predicted molar refractivity (Wildman–Crippen MR) is 75.6 cm³/mol. The van der Waals surface area contributed by atoms with Crippen LogP contribution in [0.1, 0.15) is 17.5 Å². The van der Waals surface area contributed by atoms with Crippen molar-refractivity contribution in [3.05, 3.63) is 40.7 Å². The minimum atomic E-state index is -0.241. The first-order chi connectivity index (χ1) is 9.24. The van der Waals surface area contributed by atoms with Crippen LogP contribution in [0.3, 0.4) is 0 Å². The summed E-state index contributed by atoms with van der Waals surface area (Å²) in [5.41, 5.74) is 1.73. The molecule has 0 aliphatic heterocycles. The van der Waals surface area contributed by atoms with Crippen LogP contribution < -0.4 is 5.32 Å². The average molecular weight is 280 g/mol. The molecule has 0 aliphatic carbocycles. The van der Waals surface area contributed by atoms with E-state index in [0.717, 1.165) is 34.2 Å². The quantitative estimate of drug-likeness (QED) is 0.882. The molecular formula is C14H17FN2OS. The molecule has 1 aromatic heterocycles. The first-order valence-corrected chi connectivity index (χ1v) is 7.00. The molecule has 0 unspecified atom stereocenters. The summed E-state index contributed by atoms with van der Waals surface area (Å²) in [5.74, 6) is -0.241. The third-order valence-corrected chi connectivity index (χ3v) is 3.81. The maximum Gasteiger partial charge on any atom is 0.124 e. The highest BCUT2D eigenvalue weighted by Crippen LogP contribution is 2.29. The highest BCUT2D eigenvalue weighted by Gasteiger charge is 2.12. The van der Waals surface area contributed by atoms with Gasteiger partial charge in [0, 0.05) is 24.1 Å². The molecule has 0 amide bonds. The summed E-state index contributed by atoms with van der Waals surface area (Å²) in [7, 11) is 1.65. The Kier molecular flexibility index (Phi) is 5.01. The number of methoxy groups -OCH3 is 1. The fourth-order valence-electron chi connectivity index (χ4n) is 1.75. The van der Waals surface area contributed by atoms with Gasteiger partial charge in [0.25, 0.3) is 0 Å². The van der Waals surface area contributed by atoms with Gasteiger partial charge in [0.15, 0.2) is 0 Å². The smallest absolute Gasteiger partial charge is 0.124 e. The highest BCUT2D eigenvalue weighted by atomic mass is 32.1. The molecule has 0 saturated carbocycles. The molecule has 0 bridgehead atoms. The monoisotopic (exact) mass is 280 g/mol. The second kappa shape index (κ2) is 6.75. The fourth-order valence-corrected chi connectivity index (χ4v) is 2.79. The van der Waals surface area contributed by atoms with Crippen molar-refractivity contribution in [1.82, 2.24) is 10.3 Å². The van der Waals surface area contributed by atoms with Gasteiger partial charge in [-0.1, -0.05) is 19.1 Å². The van der Waals surface area contributed by atoms with Gasteiger partial charge in [-0.2, -0.15) is 0 Å². The van der Waals surface area contributed by atoms with Gasteiger partial charge in [0.05, 0.1) is 12.3 Å². The van der Waals surface area contributed by atoms with E-state index in [4.69, 9.17) is 4.74 Å². The molecule has 1 N–H and O–H groups in total. The van der Waals surface area contributed by atoms with Gasteiger partial charge in [-0.25, -0.2) is 9.37 Å². The molecule has 0 spiro atoms. The molecule has 19 heavy (non-hydrogen) atoms. The van der Waals surface area contributed by atoms with Crippen LogP contribution in [0, 0.1) is 5.82 Å². The normalized spacial score (nSPS) is 10.9. The van der Waals surface area contributed by atoms with Gasteiger partial charge in [-0.15, -0.1) is 11.3 Å². The Balaban J connectivity index is 2.30. The number of rotatable bonds is 6. The summed E-state index contributed by atoms with van der Waals surface area (Å²) in [5, 5.41) is 4.11. The number of thiazole rings is 1. The summed E-state index contributed by atoms with van der Waals surface area (Å²) in [6, 6.07) is 6.51. The topological polar surface area (TPSA) is 34.2 Å². The number of hydrogen-bond acceptors (Lipinski definition) is 4. The lowest BCUT2D eigenvalue weighted by Crippen LogP contribution is -2.12. The zero-order chi connectivity index (χ0) is 13.7. The standard InChI is InChI=1S/C14H17FN2OS/c1-3-16-8-13-12(9-18-2)17-14(19-13)10-5-4-6-11(15)7-10/h4-7,16H,3,8-9H2,1-2H3. The molecule has 1 aromatic carbocycles. The fraction of sp³-hybridized carbons (Fsp3) is 0.357. The van der Waals surface area contributed by atoms with E-state index in [1.54, 1.807) is 24.5 Å². The van der Waals surface area contributed by atoms with Gasteiger partial charge in [-0.05, 0) is 18.7 Å².